The lowest BCUT2D eigenvalue weighted by Gasteiger charge is -2.17. The molecule has 0 bridgehead atoms. The minimum atomic E-state index is -6.30. The fourth-order valence-electron chi connectivity index (χ4n) is 3.53. The Kier molecular flexibility index (Phi) is 10.8. The Balaban J connectivity index is 0.000000297. The van der Waals surface area contributed by atoms with E-state index in [0.29, 0.717) is 16.2 Å². The third-order valence-electron chi connectivity index (χ3n) is 5.60. The van der Waals surface area contributed by atoms with Crippen molar-refractivity contribution in [3.63, 3.8) is 0 Å². The molecule has 4 rings (SSSR count). The highest BCUT2D eigenvalue weighted by Crippen LogP contribution is 2.23. The molecular formula is C30H19BF8O4S. The number of carbonyl (C=O) groups is 2. The van der Waals surface area contributed by atoms with Crippen LogP contribution in [0.2, 0.25) is 0 Å². The van der Waals surface area contributed by atoms with Gasteiger partial charge < -0.3 is 17.7 Å². The van der Waals surface area contributed by atoms with Crippen LogP contribution in [0, 0.1) is 40.3 Å². The first-order chi connectivity index (χ1) is 20.6. The molecule has 0 amide bonds. The van der Waals surface area contributed by atoms with Crippen LogP contribution in [0.15, 0.2) is 89.8 Å². The minimum Gasteiger partial charge on any atom is -0.445 e. The number of hydrogen-bond donors (Lipinski definition) is 0. The van der Waals surface area contributed by atoms with Crippen molar-refractivity contribution in [3.05, 3.63) is 125 Å². The summed E-state index contributed by atoms with van der Waals surface area (Å²) in [5.41, 5.74) is -1.62. The van der Waals surface area contributed by atoms with Crippen molar-refractivity contribution in [2.45, 2.75) is 11.8 Å². The van der Waals surface area contributed by atoms with E-state index in [1.807, 2.05) is 36.4 Å². The van der Waals surface area contributed by atoms with Gasteiger partial charge in [0.05, 0.1) is 0 Å². The number of rotatable bonds is 6. The third kappa shape index (κ3) is 8.41. The fourth-order valence-corrected chi connectivity index (χ4v) is 5.31. The first-order valence-electron chi connectivity index (χ1n) is 12.3. The second-order valence-corrected chi connectivity index (χ2v) is 11.1. The van der Waals surface area contributed by atoms with Gasteiger partial charge in [-0.15, -0.1) is 0 Å². The van der Waals surface area contributed by atoms with Crippen molar-refractivity contribution in [2.75, 3.05) is 5.75 Å². The summed E-state index contributed by atoms with van der Waals surface area (Å²) >= 11 is 0. The zero-order chi connectivity index (χ0) is 32.7. The summed E-state index contributed by atoms with van der Waals surface area (Å²) in [5.74, 6) is -11.2. The number of ether oxygens (including phenoxy) is 1. The number of Topliss-reactive ketones (excluding diaryl/α,β-unsaturated/α-hetero) is 1. The van der Waals surface area contributed by atoms with Crippen LogP contribution in [0.1, 0.15) is 22.8 Å². The van der Waals surface area contributed by atoms with E-state index in [9.17, 15) is 48.7 Å². The standard InChI is InChI=1S/C24H19O4S.C6BF8/c1-19(25)28-22-14-12-21(13-15-22)24(26)18-29(27,23-10-6-3-7-11-23)17-16-20-8-4-2-5-9-20;8-2-1(7(13,14)15)3(9)5(11)6(12)4(2)10/h2-15H,18H2,1H3;/q+1;-1. The molecule has 0 saturated heterocycles. The second-order valence-electron chi connectivity index (χ2n) is 8.83. The van der Waals surface area contributed by atoms with E-state index in [1.54, 1.807) is 36.4 Å². The Morgan fingerprint density at radius 1 is 0.727 bits per heavy atom. The summed E-state index contributed by atoms with van der Waals surface area (Å²) in [6.45, 7) is -5.00. The van der Waals surface area contributed by atoms with E-state index in [-0.39, 0.29) is 11.5 Å². The molecule has 0 fully saturated rings. The Morgan fingerprint density at radius 2 is 1.20 bits per heavy atom. The molecule has 4 nitrogen and oxygen atoms in total. The highest BCUT2D eigenvalue weighted by atomic mass is 32.2. The normalized spacial score (nSPS) is 12.1. The molecular weight excluding hydrogens is 619 g/mol. The fraction of sp³-hybridized carbons (Fsp3) is 0.0667. The lowest BCUT2D eigenvalue weighted by molar-refractivity contribution is -0.131. The number of ketones is 1. The SMILES string of the molecule is CC(=O)Oc1ccc(C(=O)C[S+](=O)(C#Cc2ccccc2)c2ccccc2)cc1.Fc1c(F)c(F)c([B-](F)(F)F)c(F)c1F. The molecule has 0 aliphatic rings. The van der Waals surface area contributed by atoms with E-state index in [1.165, 1.54) is 19.1 Å². The Morgan fingerprint density at radius 3 is 1.68 bits per heavy atom. The van der Waals surface area contributed by atoms with Crippen LogP contribution in [0.5, 0.6) is 5.75 Å². The van der Waals surface area contributed by atoms with Gasteiger partial charge in [0.25, 0.3) is 0 Å². The Labute approximate surface area is 247 Å². The number of carbonyl (C=O) groups excluding carboxylic acids is 2. The minimum absolute atomic E-state index is 0.232. The summed E-state index contributed by atoms with van der Waals surface area (Å²) in [6.07, 6.45) is 0. The topological polar surface area (TPSA) is 60.4 Å². The molecule has 0 saturated carbocycles. The van der Waals surface area contributed by atoms with Gasteiger partial charge >= 0.3 is 12.9 Å². The van der Waals surface area contributed by atoms with E-state index < -0.39 is 57.4 Å². The molecule has 4 aromatic rings. The van der Waals surface area contributed by atoms with Crippen LogP contribution in [-0.4, -0.2) is 24.5 Å². The molecule has 0 spiro atoms. The van der Waals surface area contributed by atoms with Crippen molar-refractivity contribution in [1.82, 2.24) is 0 Å². The van der Waals surface area contributed by atoms with Crippen LogP contribution in [-0.2, 0) is 18.9 Å². The van der Waals surface area contributed by atoms with Crippen LogP contribution in [0.3, 0.4) is 0 Å². The average molecular weight is 638 g/mol. The molecule has 0 radical (unpaired) electrons. The van der Waals surface area contributed by atoms with Gasteiger partial charge in [0.2, 0.25) is 15.7 Å². The Bertz CT molecular complexity index is 1740. The maximum atomic E-state index is 13.7. The van der Waals surface area contributed by atoms with Gasteiger partial charge in [0, 0.05) is 18.1 Å². The van der Waals surface area contributed by atoms with Gasteiger partial charge in [-0.3, -0.25) is 9.59 Å². The number of benzene rings is 4. The largest absolute Gasteiger partial charge is 0.515 e. The molecule has 0 N–H and O–H groups in total. The molecule has 228 valence electrons. The molecule has 14 heteroatoms. The van der Waals surface area contributed by atoms with E-state index in [2.05, 4.69) is 11.2 Å². The van der Waals surface area contributed by atoms with E-state index in [0.717, 1.165) is 5.56 Å². The lowest BCUT2D eigenvalue weighted by Crippen LogP contribution is -2.41. The third-order valence-corrected chi connectivity index (χ3v) is 7.74. The monoisotopic (exact) mass is 638 g/mol. The highest BCUT2D eigenvalue weighted by Gasteiger charge is 2.38. The summed E-state index contributed by atoms with van der Waals surface area (Å²) < 4.78 is 116. The van der Waals surface area contributed by atoms with Crippen molar-refractivity contribution in [1.29, 1.82) is 0 Å². The smallest absolute Gasteiger partial charge is 0.445 e. The van der Waals surface area contributed by atoms with Gasteiger partial charge in [0.15, 0.2) is 33.4 Å². The summed E-state index contributed by atoms with van der Waals surface area (Å²) in [6, 6.07) is 24.2. The van der Waals surface area contributed by atoms with E-state index >= 15 is 0 Å². The zero-order valence-electron chi connectivity index (χ0n) is 22.4. The quantitative estimate of drug-likeness (QED) is 0.0269. The molecule has 0 heterocycles. The molecule has 44 heavy (non-hydrogen) atoms. The van der Waals surface area contributed by atoms with E-state index in [4.69, 9.17) is 4.74 Å². The second kappa shape index (κ2) is 14.1. The van der Waals surface area contributed by atoms with Crippen LogP contribution < -0.4 is 10.2 Å². The van der Waals surface area contributed by atoms with Crippen molar-refractivity contribution in [2.24, 2.45) is 0 Å². The van der Waals surface area contributed by atoms with Gasteiger partial charge in [0.1, 0.15) is 17.4 Å². The summed E-state index contributed by atoms with van der Waals surface area (Å²) in [7, 11) is -2.94. The van der Waals surface area contributed by atoms with Gasteiger partial charge in [-0.25, -0.2) is 22.0 Å². The maximum Gasteiger partial charge on any atom is 0.515 e. The first kappa shape index (κ1) is 33.7. The van der Waals surface area contributed by atoms with Crippen molar-refractivity contribution < 1.29 is 53.4 Å². The molecule has 4 aromatic carbocycles. The van der Waals surface area contributed by atoms with Gasteiger partial charge in [-0.1, -0.05) is 40.6 Å². The average Bonchev–Trinajstić information content (AvgIpc) is 2.99. The summed E-state index contributed by atoms with van der Waals surface area (Å²) in [4.78, 5) is 24.4. The zero-order valence-corrected chi connectivity index (χ0v) is 23.2. The predicted molar refractivity (Wildman–Crippen MR) is 148 cm³/mol. The molecule has 0 aliphatic carbocycles. The van der Waals surface area contributed by atoms with Crippen LogP contribution >= 0.6 is 0 Å². The van der Waals surface area contributed by atoms with Crippen molar-refractivity contribution in [3.8, 4) is 16.9 Å². The predicted octanol–water partition coefficient (Wildman–Crippen LogP) is 6.80. The van der Waals surface area contributed by atoms with Crippen molar-refractivity contribution >= 4 is 34.1 Å². The molecule has 1 unspecified atom stereocenters. The Hall–Kier alpha value is -4.77. The molecule has 0 aromatic heterocycles. The van der Waals surface area contributed by atoms with Crippen LogP contribution in [0.25, 0.3) is 0 Å². The van der Waals surface area contributed by atoms with Gasteiger partial charge in [-0.05, 0) is 59.9 Å². The first-order valence-corrected chi connectivity index (χ1v) is 14.0. The number of hydrogen-bond acceptors (Lipinski definition) is 4. The molecule has 1 atom stereocenters. The highest BCUT2D eigenvalue weighted by molar-refractivity contribution is 8.07. The number of halogens is 8. The molecule has 0 aliphatic heterocycles. The van der Waals surface area contributed by atoms with Crippen LogP contribution in [0.4, 0.5) is 34.9 Å². The summed E-state index contributed by atoms with van der Waals surface area (Å²) in [5, 5.41) is 2.85. The maximum absolute atomic E-state index is 13.7. The van der Waals surface area contributed by atoms with Gasteiger partial charge in [-0.2, -0.15) is 0 Å². The lowest BCUT2D eigenvalue weighted by atomic mass is 9.79. The number of esters is 1.